The summed E-state index contributed by atoms with van der Waals surface area (Å²) in [5.74, 6) is -0.852. The van der Waals surface area contributed by atoms with Gasteiger partial charge in [0, 0.05) is 6.42 Å². The van der Waals surface area contributed by atoms with Crippen molar-refractivity contribution in [1.82, 2.24) is 0 Å². The Morgan fingerprint density at radius 2 is 1.72 bits per heavy atom. The molecule has 1 N–H and O–H groups in total. The first kappa shape index (κ1) is 24.1. The van der Waals surface area contributed by atoms with E-state index in [9.17, 15) is 23.1 Å². The van der Waals surface area contributed by atoms with Crippen LogP contribution in [0.3, 0.4) is 0 Å². The van der Waals surface area contributed by atoms with Crippen molar-refractivity contribution in [1.29, 1.82) is 0 Å². The summed E-state index contributed by atoms with van der Waals surface area (Å²) < 4.78 is 45.2. The summed E-state index contributed by atoms with van der Waals surface area (Å²) in [6.45, 7) is 3.67. The van der Waals surface area contributed by atoms with Crippen molar-refractivity contribution >= 4 is 5.78 Å². The number of rotatable bonds is 8. The number of hydrogen-bond acceptors (Lipinski definition) is 3. The van der Waals surface area contributed by atoms with Gasteiger partial charge in [-0.15, -0.1) is 0 Å². The van der Waals surface area contributed by atoms with Crippen LogP contribution in [-0.4, -0.2) is 17.5 Å². The van der Waals surface area contributed by atoms with Crippen LogP contribution in [0, 0.1) is 12.8 Å². The molecule has 0 aromatic heterocycles. The van der Waals surface area contributed by atoms with Crippen molar-refractivity contribution in [3.8, 4) is 11.5 Å². The molecule has 0 amide bonds. The summed E-state index contributed by atoms with van der Waals surface area (Å²) in [6, 6.07) is 11.0. The van der Waals surface area contributed by atoms with Crippen molar-refractivity contribution in [2.45, 2.75) is 70.9 Å². The van der Waals surface area contributed by atoms with Gasteiger partial charge in [-0.05, 0) is 75.5 Å². The number of carbonyl (C=O) groups excluding carboxylic acids is 1. The third-order valence-electron chi connectivity index (χ3n) is 6.44. The molecule has 0 spiro atoms. The molecule has 0 unspecified atom stereocenters. The average Bonchev–Trinajstić information content (AvgIpc) is 2.74. The summed E-state index contributed by atoms with van der Waals surface area (Å²) in [4.78, 5) is 12.6. The molecule has 1 fully saturated rings. The molecular weight excluding hydrogens is 417 g/mol. The van der Waals surface area contributed by atoms with Gasteiger partial charge in [-0.25, -0.2) is 0 Å². The third kappa shape index (κ3) is 5.84. The van der Waals surface area contributed by atoms with E-state index < -0.39 is 29.0 Å². The van der Waals surface area contributed by atoms with Gasteiger partial charge >= 0.3 is 6.18 Å². The van der Waals surface area contributed by atoms with Crippen LogP contribution in [-0.2, 0) is 6.18 Å². The molecule has 0 heterocycles. The van der Waals surface area contributed by atoms with E-state index in [1.54, 1.807) is 6.92 Å². The van der Waals surface area contributed by atoms with E-state index in [1.165, 1.54) is 17.2 Å². The summed E-state index contributed by atoms with van der Waals surface area (Å²) in [7, 11) is 0. The number of benzene rings is 2. The molecule has 1 aliphatic carbocycles. The minimum atomic E-state index is -4.80. The number of halogens is 3. The summed E-state index contributed by atoms with van der Waals surface area (Å²) in [5, 5.41) is 10.2. The van der Waals surface area contributed by atoms with Crippen LogP contribution in [0.1, 0.15) is 84.8 Å². The number of phenols is 1. The minimum Gasteiger partial charge on any atom is -0.506 e. The van der Waals surface area contributed by atoms with Gasteiger partial charge in [0.25, 0.3) is 0 Å². The molecule has 3 nitrogen and oxygen atoms in total. The lowest BCUT2D eigenvalue weighted by Gasteiger charge is -2.29. The highest BCUT2D eigenvalue weighted by Crippen LogP contribution is 2.44. The zero-order chi connectivity index (χ0) is 23.3. The van der Waals surface area contributed by atoms with Gasteiger partial charge < -0.3 is 9.84 Å². The molecule has 0 aliphatic heterocycles. The largest absolute Gasteiger partial charge is 0.506 e. The lowest BCUT2D eigenvalue weighted by Crippen LogP contribution is -2.14. The lowest BCUT2D eigenvalue weighted by molar-refractivity contribution is -0.140. The van der Waals surface area contributed by atoms with Gasteiger partial charge in [-0.2, -0.15) is 13.2 Å². The number of aryl methyl sites for hydroxylation is 1. The van der Waals surface area contributed by atoms with Crippen LogP contribution in [0.15, 0.2) is 36.4 Å². The zero-order valence-electron chi connectivity index (χ0n) is 18.7. The van der Waals surface area contributed by atoms with Crippen LogP contribution < -0.4 is 4.74 Å². The fraction of sp³-hybridized carbons (Fsp3) is 0.500. The predicted molar refractivity (Wildman–Crippen MR) is 118 cm³/mol. The Balaban J connectivity index is 1.54. The molecule has 32 heavy (non-hydrogen) atoms. The number of carbonyl (C=O) groups is 1. The molecule has 0 radical (unpaired) electrons. The molecule has 2 aromatic rings. The first-order chi connectivity index (χ1) is 15.2. The Kier molecular flexibility index (Phi) is 7.86. The first-order valence-corrected chi connectivity index (χ1v) is 11.4. The minimum absolute atomic E-state index is 0.0297. The second-order valence-corrected chi connectivity index (χ2v) is 8.71. The van der Waals surface area contributed by atoms with Crippen LogP contribution in [0.25, 0.3) is 0 Å². The van der Waals surface area contributed by atoms with Crippen molar-refractivity contribution < 1.29 is 27.8 Å². The predicted octanol–water partition coefficient (Wildman–Crippen LogP) is 7.45. The maximum atomic E-state index is 13.4. The van der Waals surface area contributed by atoms with Gasteiger partial charge in [0.2, 0.25) is 0 Å². The van der Waals surface area contributed by atoms with E-state index in [2.05, 4.69) is 31.2 Å². The number of ketones is 1. The third-order valence-corrected chi connectivity index (χ3v) is 6.44. The summed E-state index contributed by atoms with van der Waals surface area (Å²) in [5.41, 5.74) is 1.08. The topological polar surface area (TPSA) is 46.5 Å². The highest BCUT2D eigenvalue weighted by molar-refractivity contribution is 5.99. The standard InChI is InChI=1S/C26H31F3O3/c1-3-32-23-16-15-21(25(31)24(23)26(27,28)29)22(30)6-4-5-18-9-13-20(14-10-18)19-11-7-17(2)8-12-19/h7-8,11-12,15-16,18,20,31H,3-6,9-10,13-14H2,1-2H3. The fourth-order valence-corrected chi connectivity index (χ4v) is 4.66. The molecular formula is C26H31F3O3. The zero-order valence-corrected chi connectivity index (χ0v) is 18.7. The van der Waals surface area contributed by atoms with Crippen molar-refractivity contribution in [2.24, 2.45) is 5.92 Å². The fourth-order valence-electron chi connectivity index (χ4n) is 4.66. The number of alkyl halides is 3. The van der Waals surface area contributed by atoms with Crippen LogP contribution in [0.4, 0.5) is 13.2 Å². The number of Topliss-reactive ketones (excluding diaryl/α,β-unsaturated/α-hetero) is 1. The van der Waals surface area contributed by atoms with Crippen LogP contribution in [0.2, 0.25) is 0 Å². The van der Waals surface area contributed by atoms with E-state index in [0.717, 1.165) is 38.2 Å². The molecule has 6 heteroatoms. The SMILES string of the molecule is CCOc1ccc(C(=O)CCCC2CCC(c3ccc(C)cc3)CC2)c(O)c1C(F)(F)F. The van der Waals surface area contributed by atoms with E-state index in [0.29, 0.717) is 18.3 Å². The van der Waals surface area contributed by atoms with Gasteiger partial charge in [-0.3, -0.25) is 4.79 Å². The van der Waals surface area contributed by atoms with Gasteiger partial charge in [0.15, 0.2) is 5.78 Å². The number of phenolic OH excluding ortho intramolecular Hbond substituents is 1. The van der Waals surface area contributed by atoms with E-state index >= 15 is 0 Å². The maximum Gasteiger partial charge on any atom is 0.423 e. The van der Waals surface area contributed by atoms with E-state index in [1.807, 2.05) is 0 Å². The Labute approximate surface area is 187 Å². The maximum absolute atomic E-state index is 13.4. The molecule has 0 bridgehead atoms. The summed E-state index contributed by atoms with van der Waals surface area (Å²) >= 11 is 0. The molecule has 2 aromatic carbocycles. The second-order valence-electron chi connectivity index (χ2n) is 8.71. The monoisotopic (exact) mass is 448 g/mol. The molecule has 3 rings (SSSR count). The molecule has 0 atom stereocenters. The average molecular weight is 449 g/mol. The van der Waals surface area contributed by atoms with E-state index in [-0.39, 0.29) is 18.6 Å². The Hall–Kier alpha value is -2.50. The first-order valence-electron chi connectivity index (χ1n) is 11.4. The molecule has 1 aliphatic rings. The van der Waals surface area contributed by atoms with Crippen LogP contribution >= 0.6 is 0 Å². The molecule has 0 saturated heterocycles. The van der Waals surface area contributed by atoms with E-state index in [4.69, 9.17) is 4.74 Å². The number of aromatic hydroxyl groups is 1. The molecule has 1 saturated carbocycles. The van der Waals surface area contributed by atoms with Crippen molar-refractivity contribution in [2.75, 3.05) is 6.61 Å². The van der Waals surface area contributed by atoms with Crippen LogP contribution in [0.5, 0.6) is 11.5 Å². The highest BCUT2D eigenvalue weighted by Gasteiger charge is 2.39. The Morgan fingerprint density at radius 3 is 2.31 bits per heavy atom. The summed E-state index contributed by atoms with van der Waals surface area (Å²) in [6.07, 6.45) is 1.23. The number of hydrogen-bond donors (Lipinski definition) is 1. The van der Waals surface area contributed by atoms with Crippen molar-refractivity contribution in [3.05, 3.63) is 58.7 Å². The van der Waals surface area contributed by atoms with Gasteiger partial charge in [-0.1, -0.05) is 36.2 Å². The normalized spacial score (nSPS) is 19.0. The Bertz CT molecular complexity index is 911. The van der Waals surface area contributed by atoms with Gasteiger partial charge in [0.05, 0.1) is 12.2 Å². The second kappa shape index (κ2) is 10.4. The Morgan fingerprint density at radius 1 is 1.06 bits per heavy atom. The smallest absolute Gasteiger partial charge is 0.423 e. The lowest BCUT2D eigenvalue weighted by atomic mass is 9.77. The number of ether oxygens (including phenoxy) is 1. The van der Waals surface area contributed by atoms with Crippen molar-refractivity contribution in [3.63, 3.8) is 0 Å². The quantitative estimate of drug-likeness (QED) is 0.427. The molecule has 174 valence electrons. The highest BCUT2D eigenvalue weighted by atomic mass is 19.4. The van der Waals surface area contributed by atoms with Gasteiger partial charge in [0.1, 0.15) is 17.1 Å².